The molecule has 10 nitrogen and oxygen atoms in total. The molecule has 0 atom stereocenters. The van der Waals surface area contributed by atoms with Gasteiger partial charge in [0.25, 0.3) is 11.5 Å². The first-order valence-corrected chi connectivity index (χ1v) is 10.9. The number of benzene rings is 1. The number of rotatable bonds is 8. The largest absolute Gasteiger partial charge is 0.466 e. The molecule has 0 amide bonds. The maximum atomic E-state index is 12.3. The SMILES string of the molecule is CC(=O)OCCCS(=O)(=O)Nc1ccc(-c2ccc(C(=O)n3ccnc3)c(=O)[nH]2)cc1. The number of carbonyl (C=O) groups excluding carboxylic acids is 2. The lowest BCUT2D eigenvalue weighted by molar-refractivity contribution is -0.140. The first kappa shape index (κ1) is 22.0. The van der Waals surface area contributed by atoms with Gasteiger partial charge in [-0.25, -0.2) is 13.4 Å². The summed E-state index contributed by atoms with van der Waals surface area (Å²) in [5.74, 6) is -1.15. The fourth-order valence-electron chi connectivity index (χ4n) is 2.74. The van der Waals surface area contributed by atoms with Crippen LogP contribution in [0.15, 0.2) is 59.9 Å². The Kier molecular flexibility index (Phi) is 6.65. The molecule has 0 unspecified atom stereocenters. The number of hydrogen-bond acceptors (Lipinski definition) is 7. The van der Waals surface area contributed by atoms with Crippen molar-refractivity contribution in [3.8, 4) is 11.3 Å². The number of nitrogens with zero attached hydrogens (tertiary/aromatic N) is 2. The number of carbonyl (C=O) groups is 2. The lowest BCUT2D eigenvalue weighted by Gasteiger charge is -2.09. The van der Waals surface area contributed by atoms with Crippen molar-refractivity contribution < 1.29 is 22.7 Å². The van der Waals surface area contributed by atoms with Gasteiger partial charge in [0.2, 0.25) is 10.0 Å². The van der Waals surface area contributed by atoms with E-state index in [1.54, 1.807) is 30.3 Å². The molecular formula is C20H20N4O6S. The van der Waals surface area contributed by atoms with Gasteiger partial charge in [0.15, 0.2) is 0 Å². The summed E-state index contributed by atoms with van der Waals surface area (Å²) in [5, 5.41) is 0. The van der Waals surface area contributed by atoms with Gasteiger partial charge in [0, 0.05) is 30.7 Å². The highest BCUT2D eigenvalue weighted by Gasteiger charge is 2.14. The van der Waals surface area contributed by atoms with Crippen molar-refractivity contribution in [3.05, 3.63) is 71.0 Å². The number of aromatic amines is 1. The lowest BCUT2D eigenvalue weighted by atomic mass is 10.1. The Morgan fingerprint density at radius 2 is 1.90 bits per heavy atom. The molecule has 2 N–H and O–H groups in total. The number of aromatic nitrogens is 3. The molecule has 0 saturated heterocycles. The number of sulfonamides is 1. The molecule has 0 bridgehead atoms. The van der Waals surface area contributed by atoms with Gasteiger partial charge in [-0.1, -0.05) is 12.1 Å². The number of H-pyrrole nitrogens is 1. The third kappa shape index (κ3) is 5.89. The van der Waals surface area contributed by atoms with Crippen molar-refractivity contribution in [2.75, 3.05) is 17.1 Å². The Balaban J connectivity index is 1.67. The molecule has 0 aliphatic rings. The zero-order valence-electron chi connectivity index (χ0n) is 16.6. The van der Waals surface area contributed by atoms with Crippen LogP contribution in [0.25, 0.3) is 11.3 Å². The molecule has 0 saturated carbocycles. The zero-order valence-corrected chi connectivity index (χ0v) is 17.4. The normalized spacial score (nSPS) is 11.1. The Morgan fingerprint density at radius 3 is 2.52 bits per heavy atom. The molecule has 0 spiro atoms. The van der Waals surface area contributed by atoms with Crippen LogP contribution in [-0.2, 0) is 19.6 Å². The van der Waals surface area contributed by atoms with E-state index in [0.29, 0.717) is 16.9 Å². The molecule has 0 radical (unpaired) electrons. The van der Waals surface area contributed by atoms with E-state index in [2.05, 4.69) is 14.7 Å². The summed E-state index contributed by atoms with van der Waals surface area (Å²) in [5.41, 5.74) is 0.888. The average molecular weight is 444 g/mol. The van der Waals surface area contributed by atoms with Gasteiger partial charge in [-0.15, -0.1) is 0 Å². The van der Waals surface area contributed by atoms with Crippen LogP contribution in [0.1, 0.15) is 23.7 Å². The van der Waals surface area contributed by atoms with Crippen LogP contribution < -0.4 is 10.3 Å². The van der Waals surface area contributed by atoms with Crippen LogP contribution in [0.5, 0.6) is 0 Å². The number of ether oxygens (including phenoxy) is 1. The molecule has 2 aromatic heterocycles. The second-order valence-corrected chi connectivity index (χ2v) is 8.42. The van der Waals surface area contributed by atoms with Crippen LogP contribution in [0.4, 0.5) is 5.69 Å². The topological polar surface area (TPSA) is 140 Å². The molecule has 11 heteroatoms. The van der Waals surface area contributed by atoms with Gasteiger partial charge in [0.05, 0.1) is 12.4 Å². The zero-order chi connectivity index (χ0) is 22.4. The molecule has 3 aromatic rings. The Bertz CT molecular complexity index is 1230. The number of hydrogen-bond donors (Lipinski definition) is 2. The minimum absolute atomic E-state index is 0.0279. The molecule has 2 heterocycles. The summed E-state index contributed by atoms with van der Waals surface area (Å²) in [6.45, 7) is 1.29. The van der Waals surface area contributed by atoms with Crippen LogP contribution in [0.2, 0.25) is 0 Å². The van der Waals surface area contributed by atoms with E-state index >= 15 is 0 Å². The quantitative estimate of drug-likeness (QED) is 0.397. The summed E-state index contributed by atoms with van der Waals surface area (Å²) in [6, 6.07) is 9.42. The molecule has 162 valence electrons. The van der Waals surface area contributed by atoms with E-state index in [1.807, 2.05) is 0 Å². The minimum atomic E-state index is -3.60. The average Bonchev–Trinajstić information content (AvgIpc) is 3.26. The molecule has 1 aromatic carbocycles. The number of anilines is 1. The maximum Gasteiger partial charge on any atom is 0.302 e. The number of pyridine rings is 1. The molecule has 31 heavy (non-hydrogen) atoms. The lowest BCUT2D eigenvalue weighted by Crippen LogP contribution is -2.22. The second kappa shape index (κ2) is 9.39. The fourth-order valence-corrected chi connectivity index (χ4v) is 3.84. The smallest absolute Gasteiger partial charge is 0.302 e. The van der Waals surface area contributed by atoms with E-state index in [0.717, 1.165) is 0 Å². The second-order valence-electron chi connectivity index (χ2n) is 6.58. The van der Waals surface area contributed by atoms with Crippen LogP contribution >= 0.6 is 0 Å². The van der Waals surface area contributed by atoms with Crippen LogP contribution in [0, 0.1) is 0 Å². The van der Waals surface area contributed by atoms with E-state index < -0.39 is 27.5 Å². The number of nitrogens with one attached hydrogen (secondary N) is 2. The summed E-state index contributed by atoms with van der Waals surface area (Å²) in [6.07, 6.45) is 4.38. The van der Waals surface area contributed by atoms with E-state index in [4.69, 9.17) is 4.74 Å². The highest BCUT2D eigenvalue weighted by atomic mass is 32.2. The van der Waals surface area contributed by atoms with Crippen LogP contribution in [-0.4, -0.2) is 47.2 Å². The first-order chi connectivity index (χ1) is 14.7. The summed E-state index contributed by atoms with van der Waals surface area (Å²) >= 11 is 0. The van der Waals surface area contributed by atoms with Crippen molar-refractivity contribution in [2.24, 2.45) is 0 Å². The van der Waals surface area contributed by atoms with Gasteiger partial charge in [-0.3, -0.25) is 23.7 Å². The molecule has 3 rings (SSSR count). The van der Waals surface area contributed by atoms with Crippen molar-refractivity contribution in [3.63, 3.8) is 0 Å². The third-order valence-corrected chi connectivity index (χ3v) is 5.58. The van der Waals surface area contributed by atoms with E-state index in [9.17, 15) is 22.8 Å². The third-order valence-electron chi connectivity index (χ3n) is 4.21. The number of imidazole rings is 1. The number of esters is 1. The minimum Gasteiger partial charge on any atom is -0.466 e. The van der Waals surface area contributed by atoms with Crippen molar-refractivity contribution in [1.29, 1.82) is 0 Å². The predicted molar refractivity (Wildman–Crippen MR) is 113 cm³/mol. The monoisotopic (exact) mass is 444 g/mol. The van der Waals surface area contributed by atoms with Gasteiger partial charge in [-0.2, -0.15) is 0 Å². The van der Waals surface area contributed by atoms with Crippen molar-refractivity contribution in [1.82, 2.24) is 14.5 Å². The van der Waals surface area contributed by atoms with E-state index in [1.165, 1.54) is 36.3 Å². The molecule has 0 fully saturated rings. The summed E-state index contributed by atoms with van der Waals surface area (Å²) in [7, 11) is -3.60. The van der Waals surface area contributed by atoms with E-state index in [-0.39, 0.29) is 24.3 Å². The van der Waals surface area contributed by atoms with Gasteiger partial charge < -0.3 is 9.72 Å². The van der Waals surface area contributed by atoms with Crippen molar-refractivity contribution >= 4 is 27.6 Å². The Labute approximate surface area is 178 Å². The summed E-state index contributed by atoms with van der Waals surface area (Å²) < 4.78 is 32.6. The van der Waals surface area contributed by atoms with Crippen molar-refractivity contribution in [2.45, 2.75) is 13.3 Å². The molecule has 0 aliphatic carbocycles. The Hall–Kier alpha value is -3.73. The predicted octanol–water partition coefficient (Wildman–Crippen LogP) is 1.62. The standard InChI is InChI=1S/C20H20N4O6S/c1-14(25)30-11-2-12-31(28,29)23-16-5-3-15(4-6-16)18-8-7-17(19(26)22-18)20(27)24-10-9-21-13-24/h3-10,13,23H,2,11-12H2,1H3,(H,22,26). The van der Waals surface area contributed by atoms with Gasteiger partial charge >= 0.3 is 5.97 Å². The first-order valence-electron chi connectivity index (χ1n) is 9.25. The van der Waals surface area contributed by atoms with Gasteiger partial charge in [-0.05, 0) is 36.2 Å². The molecular weight excluding hydrogens is 424 g/mol. The Morgan fingerprint density at radius 1 is 1.16 bits per heavy atom. The highest BCUT2D eigenvalue weighted by molar-refractivity contribution is 7.92. The molecule has 0 aliphatic heterocycles. The maximum absolute atomic E-state index is 12.3. The fraction of sp³-hybridized carbons (Fsp3) is 0.200. The van der Waals surface area contributed by atoms with Gasteiger partial charge in [0.1, 0.15) is 11.9 Å². The highest BCUT2D eigenvalue weighted by Crippen LogP contribution is 2.20. The summed E-state index contributed by atoms with van der Waals surface area (Å²) in [4.78, 5) is 41.8. The van der Waals surface area contributed by atoms with Crippen LogP contribution in [0.3, 0.4) is 0 Å².